The highest BCUT2D eigenvalue weighted by Gasteiger charge is 2.48. The number of hydrogen-bond donors (Lipinski definition) is 8. The highest BCUT2D eigenvalue weighted by atomic mass is 16.7. The number of aliphatic hydroxyl groups is 7. The molecule has 218 valence electrons. The summed E-state index contributed by atoms with van der Waals surface area (Å²) in [5.74, 6) is -0.0877. The van der Waals surface area contributed by atoms with E-state index in [0.29, 0.717) is 16.5 Å². The summed E-state index contributed by atoms with van der Waals surface area (Å²) in [6, 6.07) is 7.95. The van der Waals surface area contributed by atoms with E-state index in [-0.39, 0.29) is 16.5 Å². The second-order valence-corrected chi connectivity index (χ2v) is 9.85. The highest BCUT2D eigenvalue weighted by molar-refractivity contribution is 6.07. The number of fused-ring (bicyclic) bond motifs is 2. The van der Waals surface area contributed by atoms with Crippen molar-refractivity contribution < 1.29 is 64.2 Å². The molecule has 5 rings (SSSR count). The zero-order valence-corrected chi connectivity index (χ0v) is 21.1. The van der Waals surface area contributed by atoms with Crippen molar-refractivity contribution in [3.8, 4) is 11.5 Å². The molecule has 0 spiro atoms. The number of phenolic OH excluding ortho intramolecular Hbond substituents is 1. The molecule has 14 heteroatoms. The van der Waals surface area contributed by atoms with Gasteiger partial charge in [-0.25, -0.2) is 4.79 Å². The van der Waals surface area contributed by atoms with E-state index in [9.17, 15) is 45.6 Å². The number of ether oxygens (including phenoxy) is 4. The summed E-state index contributed by atoms with van der Waals surface area (Å²) >= 11 is 0. The Bertz CT molecular complexity index is 1420. The van der Waals surface area contributed by atoms with Crippen LogP contribution in [-0.4, -0.2) is 115 Å². The van der Waals surface area contributed by atoms with Gasteiger partial charge in [-0.1, -0.05) is 12.1 Å². The molecule has 2 saturated heterocycles. The minimum absolute atomic E-state index is 0.0156. The van der Waals surface area contributed by atoms with Crippen molar-refractivity contribution in [1.82, 2.24) is 0 Å². The lowest BCUT2D eigenvalue weighted by molar-refractivity contribution is -0.323. The third kappa shape index (κ3) is 5.03. The fourth-order valence-corrected chi connectivity index (χ4v) is 4.97. The van der Waals surface area contributed by atoms with E-state index in [4.69, 9.17) is 23.4 Å². The summed E-state index contributed by atoms with van der Waals surface area (Å²) in [4.78, 5) is 12.5. The molecule has 0 bridgehead atoms. The van der Waals surface area contributed by atoms with Gasteiger partial charge in [0, 0.05) is 0 Å². The smallest absolute Gasteiger partial charge is 0.347 e. The minimum Gasteiger partial charge on any atom is -0.506 e. The standard InChI is InChI=1S/C26H30O14/c1-9-5-11-6-10-3-2-4-12(15(10)19(30)16(11)24(35)37-9)38-26-23(34)21(32)18(29)14(40-26)8-36-25-22(33)20(31)17(28)13(7-27)39-25/h2-6,13-14,17-18,20-23,25-34H,7-8H2,1H3/t13-,14-,17-,18-,20+,21+,22-,23-,25-,26-/m1/s1. The molecule has 2 fully saturated rings. The molecule has 0 amide bonds. The van der Waals surface area contributed by atoms with Gasteiger partial charge < -0.3 is 64.2 Å². The van der Waals surface area contributed by atoms with E-state index in [1.165, 1.54) is 6.07 Å². The summed E-state index contributed by atoms with van der Waals surface area (Å²) < 4.78 is 27.3. The van der Waals surface area contributed by atoms with Crippen LogP contribution in [0.5, 0.6) is 11.5 Å². The Morgan fingerprint density at radius 3 is 2.15 bits per heavy atom. The van der Waals surface area contributed by atoms with E-state index in [2.05, 4.69) is 0 Å². The van der Waals surface area contributed by atoms with Crippen LogP contribution in [0.1, 0.15) is 5.76 Å². The van der Waals surface area contributed by atoms with Crippen LogP contribution in [0.3, 0.4) is 0 Å². The molecule has 14 nitrogen and oxygen atoms in total. The van der Waals surface area contributed by atoms with E-state index >= 15 is 0 Å². The van der Waals surface area contributed by atoms with Crippen molar-refractivity contribution in [1.29, 1.82) is 0 Å². The van der Waals surface area contributed by atoms with Gasteiger partial charge >= 0.3 is 5.63 Å². The lowest BCUT2D eigenvalue weighted by atomic mass is 9.98. The summed E-state index contributed by atoms with van der Waals surface area (Å²) in [5.41, 5.74) is -0.762. The molecule has 40 heavy (non-hydrogen) atoms. The average Bonchev–Trinajstić information content (AvgIpc) is 2.91. The highest BCUT2D eigenvalue weighted by Crippen LogP contribution is 2.39. The van der Waals surface area contributed by atoms with Crippen molar-refractivity contribution in [2.24, 2.45) is 0 Å². The van der Waals surface area contributed by atoms with Crippen molar-refractivity contribution in [2.75, 3.05) is 13.2 Å². The third-order valence-corrected chi connectivity index (χ3v) is 7.13. The Morgan fingerprint density at radius 2 is 1.45 bits per heavy atom. The minimum atomic E-state index is -1.78. The maximum Gasteiger partial charge on any atom is 0.347 e. The molecule has 3 aromatic rings. The zero-order valence-electron chi connectivity index (χ0n) is 21.1. The molecule has 0 radical (unpaired) electrons. The number of phenols is 1. The van der Waals surface area contributed by atoms with Crippen LogP contribution in [0, 0.1) is 6.92 Å². The molecule has 0 saturated carbocycles. The Labute approximate surface area is 225 Å². The molecule has 3 heterocycles. The molecule has 1 aromatic heterocycles. The molecule has 0 aliphatic carbocycles. The molecule has 8 N–H and O–H groups in total. The van der Waals surface area contributed by atoms with Crippen molar-refractivity contribution >= 4 is 21.5 Å². The first kappa shape index (κ1) is 28.6. The molecule has 0 unspecified atom stereocenters. The lowest BCUT2D eigenvalue weighted by Crippen LogP contribution is -2.62. The van der Waals surface area contributed by atoms with Gasteiger partial charge in [0.05, 0.1) is 18.6 Å². The van der Waals surface area contributed by atoms with E-state index in [0.717, 1.165) is 0 Å². The predicted molar refractivity (Wildman–Crippen MR) is 133 cm³/mol. The van der Waals surface area contributed by atoms with Crippen molar-refractivity contribution in [3.63, 3.8) is 0 Å². The first-order valence-corrected chi connectivity index (χ1v) is 12.5. The van der Waals surface area contributed by atoms with E-state index < -0.39 is 86.0 Å². The molecular formula is C26H30O14. The van der Waals surface area contributed by atoms with Crippen LogP contribution in [0.25, 0.3) is 21.5 Å². The number of aromatic hydroxyl groups is 1. The summed E-state index contributed by atoms with van der Waals surface area (Å²) in [5, 5.41) is 82.9. The molecule has 10 atom stereocenters. The van der Waals surface area contributed by atoms with Gasteiger partial charge in [0.1, 0.15) is 71.5 Å². The van der Waals surface area contributed by atoms with Crippen LogP contribution in [0.2, 0.25) is 0 Å². The van der Waals surface area contributed by atoms with Gasteiger partial charge in [0.15, 0.2) is 6.29 Å². The number of aryl methyl sites for hydroxylation is 1. The van der Waals surface area contributed by atoms with Crippen LogP contribution < -0.4 is 10.4 Å². The molecular weight excluding hydrogens is 536 g/mol. The van der Waals surface area contributed by atoms with Gasteiger partial charge in [0.25, 0.3) is 0 Å². The van der Waals surface area contributed by atoms with Crippen LogP contribution in [-0.2, 0) is 14.2 Å². The average molecular weight is 567 g/mol. The maximum absolute atomic E-state index is 12.5. The number of benzene rings is 2. The van der Waals surface area contributed by atoms with Gasteiger partial charge in [-0.15, -0.1) is 0 Å². The predicted octanol–water partition coefficient (Wildman–Crippen LogP) is -2.04. The van der Waals surface area contributed by atoms with Crippen molar-refractivity contribution in [3.05, 3.63) is 46.5 Å². The van der Waals surface area contributed by atoms with Crippen LogP contribution >= 0.6 is 0 Å². The van der Waals surface area contributed by atoms with Gasteiger partial charge in [-0.2, -0.15) is 0 Å². The van der Waals surface area contributed by atoms with Gasteiger partial charge in [-0.3, -0.25) is 0 Å². The summed E-state index contributed by atoms with van der Waals surface area (Å²) in [6.07, 6.45) is -15.9. The van der Waals surface area contributed by atoms with Crippen molar-refractivity contribution in [2.45, 2.75) is 68.3 Å². The van der Waals surface area contributed by atoms with E-state index in [1.54, 1.807) is 31.2 Å². The van der Waals surface area contributed by atoms with E-state index in [1.807, 2.05) is 0 Å². The zero-order chi connectivity index (χ0) is 28.9. The SMILES string of the molecule is Cc1cc2cc3cccc(O[C@@H]4O[C@H](CO[C@@H]5O[C@H](CO)[C@@H](O)[C@H](O)[C@H]5O)[C@@H](O)[C@H](O)[C@H]4O)c3c(O)c2c(=O)o1. The fourth-order valence-electron chi connectivity index (χ4n) is 4.97. The summed E-state index contributed by atoms with van der Waals surface area (Å²) in [7, 11) is 0. The topological polar surface area (TPSA) is 229 Å². The number of aliphatic hydroxyl groups excluding tert-OH is 7. The normalized spacial score (nSPS) is 34.8. The Balaban J connectivity index is 1.39. The maximum atomic E-state index is 12.5. The van der Waals surface area contributed by atoms with Gasteiger partial charge in [0.2, 0.25) is 6.29 Å². The molecule has 2 aliphatic rings. The largest absolute Gasteiger partial charge is 0.506 e. The number of hydrogen-bond acceptors (Lipinski definition) is 14. The third-order valence-electron chi connectivity index (χ3n) is 7.13. The van der Waals surface area contributed by atoms with Gasteiger partial charge in [-0.05, 0) is 35.9 Å². The second kappa shape index (κ2) is 11.2. The first-order valence-electron chi connectivity index (χ1n) is 12.5. The van der Waals surface area contributed by atoms with Crippen LogP contribution in [0.4, 0.5) is 0 Å². The second-order valence-electron chi connectivity index (χ2n) is 9.85. The Hall–Kier alpha value is -2.89. The lowest BCUT2D eigenvalue weighted by Gasteiger charge is -2.42. The first-order chi connectivity index (χ1) is 19.0. The molecule has 2 aromatic carbocycles. The van der Waals surface area contributed by atoms with Crippen LogP contribution in [0.15, 0.2) is 39.5 Å². The summed E-state index contributed by atoms with van der Waals surface area (Å²) in [6.45, 7) is 0.378. The fraction of sp³-hybridized carbons (Fsp3) is 0.500. The Morgan fingerprint density at radius 1 is 0.800 bits per heavy atom. The Kier molecular flexibility index (Phi) is 8.00. The number of rotatable bonds is 6. The monoisotopic (exact) mass is 566 g/mol. The quantitative estimate of drug-likeness (QED) is 0.150. The molecule has 2 aliphatic heterocycles.